The van der Waals surface area contributed by atoms with Gasteiger partial charge < -0.3 is 4.74 Å². The van der Waals surface area contributed by atoms with Gasteiger partial charge in [0.2, 0.25) is 0 Å². The van der Waals surface area contributed by atoms with E-state index in [-0.39, 0.29) is 0 Å². The van der Waals surface area contributed by atoms with Crippen LogP contribution in [0.2, 0.25) is 0 Å². The molecule has 0 aliphatic rings. The molecule has 0 amide bonds. The first-order chi connectivity index (χ1) is 6.51. The number of benzene rings is 1. The summed E-state index contributed by atoms with van der Waals surface area (Å²) in [5.41, 5.74) is 1.41. The molecule has 0 aliphatic heterocycles. The summed E-state index contributed by atoms with van der Waals surface area (Å²) in [4.78, 5) is 0. The van der Waals surface area contributed by atoms with E-state index in [4.69, 9.17) is 4.74 Å². The zero-order chi connectivity index (χ0) is 10.6. The minimum absolute atomic E-state index is 0.399. The molecule has 0 aliphatic carbocycles. The summed E-state index contributed by atoms with van der Waals surface area (Å²) in [5, 5.41) is 0. The molecular formula is C11H17IOS. The maximum absolute atomic E-state index is 5.12. The number of ether oxygens (including phenoxy) is 1. The number of rotatable bonds is 4. The Morgan fingerprint density at radius 2 is 1.79 bits per heavy atom. The van der Waals surface area contributed by atoms with Gasteiger partial charge in [0, 0.05) is 0 Å². The smallest absolute Gasteiger partial charge is 0.118 e. The second-order valence-corrected chi connectivity index (χ2v) is 14.1. The highest BCUT2D eigenvalue weighted by Gasteiger charge is 2.06. The SMILES string of the molecule is COc1ccc(CCS(C)(C)I)cc1. The molecule has 0 fully saturated rings. The van der Waals surface area contributed by atoms with Crippen LogP contribution in [0.25, 0.3) is 0 Å². The third kappa shape index (κ3) is 4.55. The van der Waals surface area contributed by atoms with Crippen molar-refractivity contribution in [1.82, 2.24) is 0 Å². The summed E-state index contributed by atoms with van der Waals surface area (Å²) in [6.07, 6.45) is 5.86. The van der Waals surface area contributed by atoms with Crippen LogP contribution in [-0.4, -0.2) is 25.4 Å². The molecule has 0 saturated carbocycles. The van der Waals surface area contributed by atoms with E-state index in [1.807, 2.05) is 12.1 Å². The Labute approximate surface area is 100 Å². The van der Waals surface area contributed by atoms with E-state index in [0.717, 1.165) is 5.75 Å². The molecule has 1 nitrogen and oxygen atoms in total. The van der Waals surface area contributed by atoms with Gasteiger partial charge in [0.25, 0.3) is 0 Å². The normalized spacial score (nSPS) is 12.6. The predicted molar refractivity (Wildman–Crippen MR) is 75.0 cm³/mol. The number of halogens is 1. The third-order valence-electron chi connectivity index (χ3n) is 2.04. The first-order valence-corrected chi connectivity index (χ1v) is 9.71. The molecule has 0 radical (unpaired) electrons. The fourth-order valence-electron chi connectivity index (χ4n) is 1.15. The molecule has 0 saturated heterocycles. The zero-order valence-electron chi connectivity index (χ0n) is 8.92. The summed E-state index contributed by atoms with van der Waals surface area (Å²) in [6, 6.07) is 8.37. The van der Waals surface area contributed by atoms with E-state index in [1.165, 1.54) is 17.7 Å². The van der Waals surface area contributed by atoms with E-state index in [9.17, 15) is 0 Å². The van der Waals surface area contributed by atoms with E-state index in [1.54, 1.807) is 7.11 Å². The summed E-state index contributed by atoms with van der Waals surface area (Å²) >= 11 is 2.58. The molecule has 0 heterocycles. The van der Waals surface area contributed by atoms with Gasteiger partial charge in [0.1, 0.15) is 5.75 Å². The Morgan fingerprint density at radius 1 is 1.21 bits per heavy atom. The molecule has 0 unspecified atom stereocenters. The van der Waals surface area contributed by atoms with Crippen molar-refractivity contribution in [2.45, 2.75) is 6.42 Å². The predicted octanol–water partition coefficient (Wildman–Crippen LogP) is 3.65. The van der Waals surface area contributed by atoms with E-state index < -0.39 is 7.20 Å². The van der Waals surface area contributed by atoms with Crippen LogP contribution in [0.15, 0.2) is 24.3 Å². The lowest BCUT2D eigenvalue weighted by Gasteiger charge is -2.22. The van der Waals surface area contributed by atoms with Crippen LogP contribution in [0.5, 0.6) is 5.75 Å². The van der Waals surface area contributed by atoms with Crippen LogP contribution in [-0.2, 0) is 6.42 Å². The lowest BCUT2D eigenvalue weighted by atomic mass is 10.2. The van der Waals surface area contributed by atoms with E-state index in [2.05, 4.69) is 45.8 Å². The van der Waals surface area contributed by atoms with Crippen molar-refractivity contribution in [3.05, 3.63) is 29.8 Å². The molecule has 0 aromatic heterocycles. The van der Waals surface area contributed by atoms with Crippen LogP contribution in [0.1, 0.15) is 5.56 Å². The van der Waals surface area contributed by atoms with E-state index >= 15 is 0 Å². The first-order valence-electron chi connectivity index (χ1n) is 4.55. The summed E-state index contributed by atoms with van der Waals surface area (Å²) in [6.45, 7) is 0. The Hall–Kier alpha value is 0.1000. The van der Waals surface area contributed by atoms with Crippen LogP contribution in [0.4, 0.5) is 0 Å². The van der Waals surface area contributed by atoms with Crippen molar-refractivity contribution in [3.63, 3.8) is 0 Å². The maximum Gasteiger partial charge on any atom is 0.118 e. The molecule has 80 valence electrons. The highest BCUT2D eigenvalue weighted by molar-refractivity contribution is 14.2. The Kier molecular flexibility index (Phi) is 4.57. The Morgan fingerprint density at radius 3 is 2.21 bits per heavy atom. The van der Waals surface area contributed by atoms with Crippen LogP contribution in [0.3, 0.4) is 0 Å². The van der Waals surface area contributed by atoms with Gasteiger partial charge in [-0.3, -0.25) is 0 Å². The first kappa shape index (κ1) is 12.2. The van der Waals surface area contributed by atoms with Crippen molar-refractivity contribution < 1.29 is 4.74 Å². The van der Waals surface area contributed by atoms with Gasteiger partial charge in [-0.05, 0) is 63.6 Å². The van der Waals surface area contributed by atoms with Gasteiger partial charge in [-0.15, -0.1) is 0 Å². The molecule has 0 atom stereocenters. The number of hydrogen-bond acceptors (Lipinski definition) is 1. The molecule has 3 heteroatoms. The number of hydrogen-bond donors (Lipinski definition) is 0. The number of methoxy groups -OCH3 is 1. The average molecular weight is 324 g/mol. The highest BCUT2D eigenvalue weighted by Crippen LogP contribution is 2.48. The summed E-state index contributed by atoms with van der Waals surface area (Å²) < 4.78 is 5.12. The van der Waals surface area contributed by atoms with Gasteiger partial charge in [-0.25, -0.2) is 0 Å². The molecule has 14 heavy (non-hydrogen) atoms. The monoisotopic (exact) mass is 324 g/mol. The Balaban J connectivity index is 2.52. The minimum Gasteiger partial charge on any atom is -0.497 e. The third-order valence-corrected chi connectivity index (χ3v) is 4.53. The minimum atomic E-state index is -0.399. The molecule has 0 spiro atoms. The van der Waals surface area contributed by atoms with Crippen molar-refractivity contribution in [2.75, 3.05) is 25.4 Å². The fourth-order valence-corrected chi connectivity index (χ4v) is 2.53. The van der Waals surface area contributed by atoms with Gasteiger partial charge in [0.15, 0.2) is 0 Å². The van der Waals surface area contributed by atoms with Crippen molar-refractivity contribution in [3.8, 4) is 5.75 Å². The second-order valence-electron chi connectivity index (χ2n) is 3.71. The lowest BCUT2D eigenvalue weighted by Crippen LogP contribution is -1.97. The Bertz CT molecular complexity index is 276. The van der Waals surface area contributed by atoms with Crippen LogP contribution >= 0.6 is 28.4 Å². The molecule has 0 N–H and O–H groups in total. The molecular weight excluding hydrogens is 307 g/mol. The lowest BCUT2D eigenvalue weighted by molar-refractivity contribution is 0.414. The van der Waals surface area contributed by atoms with Crippen LogP contribution in [0, 0.1) is 0 Å². The highest BCUT2D eigenvalue weighted by atomic mass is 127. The van der Waals surface area contributed by atoms with Crippen molar-refractivity contribution in [2.24, 2.45) is 0 Å². The molecule has 1 aromatic rings. The van der Waals surface area contributed by atoms with Gasteiger partial charge in [-0.1, -0.05) is 12.1 Å². The maximum atomic E-state index is 5.12. The second kappa shape index (κ2) is 5.26. The van der Waals surface area contributed by atoms with Gasteiger partial charge >= 0.3 is 0 Å². The molecule has 1 aromatic carbocycles. The quantitative estimate of drug-likeness (QED) is 0.768. The zero-order valence-corrected chi connectivity index (χ0v) is 11.9. The average Bonchev–Trinajstić information content (AvgIpc) is 2.14. The van der Waals surface area contributed by atoms with Crippen LogP contribution < -0.4 is 4.74 Å². The van der Waals surface area contributed by atoms with Crippen molar-refractivity contribution in [1.29, 1.82) is 0 Å². The number of aryl methyl sites for hydroxylation is 1. The topological polar surface area (TPSA) is 9.23 Å². The molecule has 1 rings (SSSR count). The van der Waals surface area contributed by atoms with Gasteiger partial charge in [0.05, 0.1) is 7.11 Å². The summed E-state index contributed by atoms with van der Waals surface area (Å²) in [5.74, 6) is 2.23. The standard InChI is InChI=1S/C11H17IOS/c1-13-11-6-4-10(5-7-11)8-9-14(2,3)12/h4-7H,8-9H2,1-3H3. The van der Waals surface area contributed by atoms with E-state index in [0.29, 0.717) is 0 Å². The van der Waals surface area contributed by atoms with Gasteiger partial charge in [-0.2, -0.15) is 7.20 Å². The fraction of sp³-hybridized carbons (Fsp3) is 0.455. The summed E-state index contributed by atoms with van der Waals surface area (Å²) in [7, 11) is 1.30. The van der Waals surface area contributed by atoms with Crippen molar-refractivity contribution >= 4 is 28.4 Å². The largest absolute Gasteiger partial charge is 0.497 e. The molecule has 0 bridgehead atoms.